The SMILES string of the molecule is O=C(c1cccc(=O)[nH]1)N1CCCC1c1nc2ccccc2c(=O)n1C1CCCC1. The molecular weight excluding hydrogens is 380 g/mol. The first-order chi connectivity index (χ1) is 14.6. The van der Waals surface area contributed by atoms with Gasteiger partial charge in [-0.3, -0.25) is 19.0 Å². The van der Waals surface area contributed by atoms with Crippen LogP contribution in [0.15, 0.2) is 52.1 Å². The number of rotatable bonds is 3. The van der Waals surface area contributed by atoms with E-state index in [4.69, 9.17) is 4.98 Å². The van der Waals surface area contributed by atoms with Gasteiger partial charge in [0.05, 0.1) is 16.9 Å². The second-order valence-corrected chi connectivity index (χ2v) is 8.19. The van der Waals surface area contributed by atoms with Crippen molar-refractivity contribution in [3.8, 4) is 0 Å². The van der Waals surface area contributed by atoms with Crippen LogP contribution in [0, 0.1) is 0 Å². The van der Waals surface area contributed by atoms with Crippen LogP contribution < -0.4 is 11.1 Å². The van der Waals surface area contributed by atoms with E-state index in [0.717, 1.165) is 38.5 Å². The van der Waals surface area contributed by atoms with Crippen LogP contribution in [0.5, 0.6) is 0 Å². The van der Waals surface area contributed by atoms with Crippen LogP contribution in [0.25, 0.3) is 10.9 Å². The van der Waals surface area contributed by atoms with Crippen molar-refractivity contribution in [2.45, 2.75) is 50.6 Å². The molecular formula is C23H24N4O3. The van der Waals surface area contributed by atoms with Crippen LogP contribution in [0.3, 0.4) is 0 Å². The number of hydrogen-bond acceptors (Lipinski definition) is 4. The van der Waals surface area contributed by atoms with Crippen molar-refractivity contribution in [1.82, 2.24) is 19.4 Å². The summed E-state index contributed by atoms with van der Waals surface area (Å²) in [6, 6.07) is 11.9. The quantitative estimate of drug-likeness (QED) is 0.726. The van der Waals surface area contributed by atoms with Crippen molar-refractivity contribution in [3.63, 3.8) is 0 Å². The number of benzene rings is 1. The van der Waals surface area contributed by atoms with E-state index in [-0.39, 0.29) is 34.8 Å². The number of H-pyrrole nitrogens is 1. The number of fused-ring (bicyclic) bond motifs is 1. The number of carbonyl (C=O) groups excluding carboxylic acids is 1. The maximum atomic E-state index is 13.5. The molecule has 1 aliphatic carbocycles. The molecule has 2 aliphatic rings. The minimum absolute atomic E-state index is 0.0186. The predicted octanol–water partition coefficient (Wildman–Crippen LogP) is 3.18. The summed E-state index contributed by atoms with van der Waals surface area (Å²) in [6.45, 7) is 0.577. The van der Waals surface area contributed by atoms with Gasteiger partial charge < -0.3 is 9.88 Å². The molecule has 3 aromatic rings. The maximum absolute atomic E-state index is 13.5. The Morgan fingerprint density at radius 1 is 0.967 bits per heavy atom. The van der Waals surface area contributed by atoms with Gasteiger partial charge in [0, 0.05) is 18.7 Å². The summed E-state index contributed by atoms with van der Waals surface area (Å²) in [7, 11) is 0. The van der Waals surface area contributed by atoms with Gasteiger partial charge in [0.15, 0.2) is 0 Å². The molecule has 1 amide bonds. The Bertz CT molecular complexity index is 1220. The molecule has 7 nitrogen and oxygen atoms in total. The van der Waals surface area contributed by atoms with Gasteiger partial charge in [0.25, 0.3) is 11.5 Å². The lowest BCUT2D eigenvalue weighted by Gasteiger charge is -2.28. The van der Waals surface area contributed by atoms with Crippen LogP contribution in [0.4, 0.5) is 0 Å². The molecule has 0 spiro atoms. The van der Waals surface area contributed by atoms with E-state index in [1.54, 1.807) is 17.0 Å². The van der Waals surface area contributed by atoms with Crippen LogP contribution in [0.2, 0.25) is 0 Å². The number of hydrogen-bond donors (Lipinski definition) is 1. The topological polar surface area (TPSA) is 88.1 Å². The zero-order valence-electron chi connectivity index (χ0n) is 16.7. The second-order valence-electron chi connectivity index (χ2n) is 8.19. The molecule has 3 heterocycles. The van der Waals surface area contributed by atoms with Gasteiger partial charge in [-0.1, -0.05) is 31.0 Å². The van der Waals surface area contributed by atoms with Crippen LogP contribution in [-0.2, 0) is 0 Å². The predicted molar refractivity (Wildman–Crippen MR) is 114 cm³/mol. The number of amides is 1. The van der Waals surface area contributed by atoms with Crippen LogP contribution in [-0.4, -0.2) is 31.9 Å². The fraction of sp³-hybridized carbons (Fsp3) is 0.391. The highest BCUT2D eigenvalue weighted by atomic mass is 16.2. The van der Waals surface area contributed by atoms with Crippen molar-refractivity contribution in [3.05, 3.63) is 74.7 Å². The minimum Gasteiger partial charge on any atom is -0.327 e. The first-order valence-corrected chi connectivity index (χ1v) is 10.6. The van der Waals surface area contributed by atoms with E-state index < -0.39 is 0 Å². The summed E-state index contributed by atoms with van der Waals surface area (Å²) in [4.78, 5) is 47.6. The summed E-state index contributed by atoms with van der Waals surface area (Å²) in [5.74, 6) is 0.449. The number of para-hydroxylation sites is 1. The van der Waals surface area contributed by atoms with Gasteiger partial charge in [-0.05, 0) is 43.9 Å². The Hall–Kier alpha value is -3.22. The van der Waals surface area contributed by atoms with E-state index in [9.17, 15) is 14.4 Å². The van der Waals surface area contributed by atoms with Gasteiger partial charge in [-0.15, -0.1) is 0 Å². The number of aromatic nitrogens is 3. The number of carbonyl (C=O) groups is 1. The third-order valence-electron chi connectivity index (χ3n) is 6.34. The van der Waals surface area contributed by atoms with Gasteiger partial charge in [-0.2, -0.15) is 0 Å². The molecule has 154 valence electrons. The number of nitrogens with one attached hydrogen (secondary N) is 1. The highest BCUT2D eigenvalue weighted by molar-refractivity contribution is 5.92. The lowest BCUT2D eigenvalue weighted by Crippen LogP contribution is -2.37. The molecule has 7 heteroatoms. The minimum atomic E-state index is -0.303. The molecule has 1 saturated heterocycles. The third-order valence-corrected chi connectivity index (χ3v) is 6.34. The number of likely N-dealkylation sites (tertiary alicyclic amines) is 1. The molecule has 5 rings (SSSR count). The Kier molecular flexibility index (Phi) is 4.73. The Morgan fingerprint density at radius 3 is 2.57 bits per heavy atom. The number of pyridine rings is 1. The fourth-order valence-electron chi connectivity index (χ4n) is 4.92. The van der Waals surface area contributed by atoms with E-state index in [2.05, 4.69) is 4.98 Å². The van der Waals surface area contributed by atoms with E-state index in [0.29, 0.717) is 23.3 Å². The van der Waals surface area contributed by atoms with Gasteiger partial charge in [-0.25, -0.2) is 4.98 Å². The molecule has 2 fully saturated rings. The molecule has 0 bridgehead atoms. The average molecular weight is 404 g/mol. The largest absolute Gasteiger partial charge is 0.327 e. The standard InChI is InChI=1S/C23H24N4O3/c28-20-13-5-11-18(24-20)23(30)26-14-6-12-19(26)21-25-17-10-4-3-9-16(17)22(29)27(21)15-7-1-2-8-15/h3-5,9-11,13,15,19H,1-2,6-8,12,14H2,(H,24,28). The van der Waals surface area contributed by atoms with Crippen molar-refractivity contribution in [2.75, 3.05) is 6.54 Å². The first kappa shape index (κ1) is 18.8. The molecule has 1 atom stereocenters. The van der Waals surface area contributed by atoms with Crippen molar-refractivity contribution >= 4 is 16.8 Å². The fourth-order valence-corrected chi connectivity index (χ4v) is 4.92. The van der Waals surface area contributed by atoms with Crippen molar-refractivity contribution < 1.29 is 4.79 Å². The number of aromatic amines is 1. The smallest absolute Gasteiger partial charge is 0.270 e. The second kappa shape index (κ2) is 7.55. The van der Waals surface area contributed by atoms with Crippen LogP contribution in [0.1, 0.15) is 66.9 Å². The molecule has 30 heavy (non-hydrogen) atoms. The van der Waals surface area contributed by atoms with Crippen LogP contribution >= 0.6 is 0 Å². The lowest BCUT2D eigenvalue weighted by atomic mass is 10.1. The first-order valence-electron chi connectivity index (χ1n) is 10.6. The summed E-state index contributed by atoms with van der Waals surface area (Å²) in [5.41, 5.74) is 0.613. The van der Waals surface area contributed by atoms with Gasteiger partial charge in [0.2, 0.25) is 5.56 Å². The Morgan fingerprint density at radius 2 is 1.77 bits per heavy atom. The molecule has 0 radical (unpaired) electrons. The maximum Gasteiger partial charge on any atom is 0.270 e. The Labute approximate surface area is 173 Å². The molecule has 1 unspecified atom stereocenters. The van der Waals surface area contributed by atoms with E-state index >= 15 is 0 Å². The zero-order valence-corrected chi connectivity index (χ0v) is 16.7. The zero-order chi connectivity index (χ0) is 20.7. The van der Waals surface area contributed by atoms with E-state index in [1.807, 2.05) is 28.8 Å². The number of nitrogens with zero attached hydrogens (tertiary/aromatic N) is 3. The lowest BCUT2D eigenvalue weighted by molar-refractivity contribution is 0.0719. The summed E-state index contributed by atoms with van der Waals surface area (Å²) < 4.78 is 1.86. The molecule has 1 N–H and O–H groups in total. The third kappa shape index (κ3) is 3.14. The molecule has 2 aromatic heterocycles. The molecule has 1 aliphatic heterocycles. The van der Waals surface area contributed by atoms with Gasteiger partial charge in [0.1, 0.15) is 11.5 Å². The van der Waals surface area contributed by atoms with Crippen molar-refractivity contribution in [2.24, 2.45) is 0 Å². The summed E-state index contributed by atoms with van der Waals surface area (Å²) in [5, 5.41) is 0.622. The summed E-state index contributed by atoms with van der Waals surface area (Å²) in [6.07, 6.45) is 5.70. The van der Waals surface area contributed by atoms with Gasteiger partial charge >= 0.3 is 0 Å². The monoisotopic (exact) mass is 404 g/mol. The Balaban J connectivity index is 1.64. The molecule has 1 aromatic carbocycles. The highest BCUT2D eigenvalue weighted by Crippen LogP contribution is 2.36. The average Bonchev–Trinajstić information content (AvgIpc) is 3.45. The van der Waals surface area contributed by atoms with E-state index in [1.165, 1.54) is 6.07 Å². The normalized spacial score (nSPS) is 19.6. The molecule has 1 saturated carbocycles. The highest BCUT2D eigenvalue weighted by Gasteiger charge is 2.36. The summed E-state index contributed by atoms with van der Waals surface area (Å²) >= 11 is 0. The van der Waals surface area contributed by atoms with Crippen molar-refractivity contribution in [1.29, 1.82) is 0 Å².